The summed E-state index contributed by atoms with van der Waals surface area (Å²) < 4.78 is 36.4. The molecule has 1 amide bonds. The molecule has 1 aliphatic rings. The highest BCUT2D eigenvalue weighted by Gasteiger charge is 2.29. The Morgan fingerprint density at radius 2 is 1.90 bits per heavy atom. The van der Waals surface area contributed by atoms with Gasteiger partial charge in [-0.05, 0) is 50.3 Å². The van der Waals surface area contributed by atoms with Crippen molar-refractivity contribution in [1.29, 1.82) is 0 Å². The molecule has 0 radical (unpaired) electrons. The summed E-state index contributed by atoms with van der Waals surface area (Å²) in [5, 5.41) is 3.14. The number of methoxy groups -OCH3 is 1. The van der Waals surface area contributed by atoms with E-state index in [1.54, 1.807) is 31.2 Å². The third kappa shape index (κ3) is 5.19. The molecular weight excluding hydrogens is 440 g/mol. The monoisotopic (exact) mass is 466 g/mol. The van der Waals surface area contributed by atoms with Gasteiger partial charge in [-0.2, -0.15) is 0 Å². The number of rotatable bonds is 8. The van der Waals surface area contributed by atoms with Crippen LogP contribution in [-0.4, -0.2) is 46.8 Å². The van der Waals surface area contributed by atoms with Crippen LogP contribution in [0.3, 0.4) is 0 Å². The summed E-state index contributed by atoms with van der Waals surface area (Å²) in [6, 6.07) is 6.64. The van der Waals surface area contributed by atoms with Gasteiger partial charge in [-0.1, -0.05) is 12.1 Å². The van der Waals surface area contributed by atoms with Crippen LogP contribution in [0.1, 0.15) is 40.6 Å². The minimum atomic E-state index is -3.78. The highest BCUT2D eigenvalue weighted by atomic mass is 32.2. The number of fused-ring (bicyclic) bond motifs is 1. The fourth-order valence-corrected chi connectivity index (χ4v) is 5.74. The Balaban J connectivity index is 1.90. The first-order valence-corrected chi connectivity index (χ1v) is 12.6. The number of nitrogens with zero attached hydrogens (tertiary/aromatic N) is 1. The van der Waals surface area contributed by atoms with Gasteiger partial charge in [0.05, 0.1) is 31.2 Å². The van der Waals surface area contributed by atoms with Gasteiger partial charge in [-0.25, -0.2) is 13.2 Å². The Bertz CT molecular complexity index is 1080. The Morgan fingerprint density at radius 3 is 2.58 bits per heavy atom. The molecule has 1 aromatic carbocycles. The van der Waals surface area contributed by atoms with Gasteiger partial charge in [-0.15, -0.1) is 11.3 Å². The van der Waals surface area contributed by atoms with Crippen LogP contribution in [0.4, 0.5) is 10.7 Å². The third-order valence-corrected chi connectivity index (χ3v) is 7.27. The molecule has 0 spiro atoms. The number of ether oxygens (including phenoxy) is 2. The summed E-state index contributed by atoms with van der Waals surface area (Å²) in [5.41, 5.74) is 1.57. The SMILES string of the molecule is CCOc1ccccc1N(CC(=O)Nc1sc2c(c1C(=O)OC)CCCC2)S(C)(=O)=O. The zero-order chi connectivity index (χ0) is 22.6. The molecule has 1 heterocycles. The molecule has 1 aliphatic carbocycles. The first-order valence-electron chi connectivity index (χ1n) is 9.98. The lowest BCUT2D eigenvalue weighted by molar-refractivity contribution is -0.114. The van der Waals surface area contributed by atoms with Gasteiger partial charge in [0.2, 0.25) is 15.9 Å². The number of hydrogen-bond acceptors (Lipinski definition) is 7. The molecule has 0 bridgehead atoms. The molecule has 0 fully saturated rings. The van der Waals surface area contributed by atoms with Gasteiger partial charge in [0.25, 0.3) is 0 Å². The number of anilines is 2. The first-order chi connectivity index (χ1) is 14.8. The lowest BCUT2D eigenvalue weighted by Crippen LogP contribution is -2.37. The minimum Gasteiger partial charge on any atom is -0.492 e. The number of amides is 1. The quantitative estimate of drug-likeness (QED) is 0.600. The number of benzene rings is 1. The summed E-state index contributed by atoms with van der Waals surface area (Å²) in [5.74, 6) is -0.693. The number of carbonyl (C=O) groups excluding carboxylic acids is 2. The van der Waals surface area contributed by atoms with Gasteiger partial charge in [0.1, 0.15) is 17.3 Å². The van der Waals surface area contributed by atoms with Crippen LogP contribution in [-0.2, 0) is 32.4 Å². The smallest absolute Gasteiger partial charge is 0.341 e. The maximum absolute atomic E-state index is 12.9. The highest BCUT2D eigenvalue weighted by molar-refractivity contribution is 7.92. The number of thiophene rings is 1. The predicted octanol–water partition coefficient (Wildman–Crippen LogP) is 3.22. The van der Waals surface area contributed by atoms with Crippen LogP contribution in [0.5, 0.6) is 5.75 Å². The summed E-state index contributed by atoms with van der Waals surface area (Å²) in [6.45, 7) is 1.69. The van der Waals surface area contributed by atoms with Crippen molar-refractivity contribution >= 4 is 43.9 Å². The van der Waals surface area contributed by atoms with Crippen molar-refractivity contribution in [2.24, 2.45) is 0 Å². The van der Waals surface area contributed by atoms with E-state index in [1.807, 2.05) is 0 Å². The third-order valence-electron chi connectivity index (χ3n) is 4.94. The molecule has 3 rings (SSSR count). The van der Waals surface area contributed by atoms with Crippen LogP contribution >= 0.6 is 11.3 Å². The number of aryl methyl sites for hydroxylation is 1. The van der Waals surface area contributed by atoms with Crippen molar-refractivity contribution in [2.75, 3.05) is 36.1 Å². The van der Waals surface area contributed by atoms with E-state index in [2.05, 4.69) is 5.32 Å². The molecule has 8 nitrogen and oxygen atoms in total. The number of nitrogens with one attached hydrogen (secondary N) is 1. The number of sulfonamides is 1. The molecule has 1 aromatic heterocycles. The zero-order valence-corrected chi connectivity index (χ0v) is 19.4. The van der Waals surface area contributed by atoms with E-state index in [4.69, 9.17) is 9.47 Å². The summed E-state index contributed by atoms with van der Waals surface area (Å²) in [7, 11) is -2.47. The Labute approximate surface area is 186 Å². The largest absolute Gasteiger partial charge is 0.492 e. The van der Waals surface area contributed by atoms with Crippen LogP contribution in [0.25, 0.3) is 0 Å². The molecule has 0 atom stereocenters. The fourth-order valence-electron chi connectivity index (χ4n) is 3.59. The number of para-hydroxylation sites is 2. The number of carbonyl (C=O) groups is 2. The van der Waals surface area contributed by atoms with Crippen molar-refractivity contribution in [3.8, 4) is 5.75 Å². The molecule has 1 N–H and O–H groups in total. The zero-order valence-electron chi connectivity index (χ0n) is 17.8. The normalized spacial score (nSPS) is 13.3. The van der Waals surface area contributed by atoms with E-state index < -0.39 is 28.4 Å². The van der Waals surface area contributed by atoms with Crippen LogP contribution < -0.4 is 14.4 Å². The van der Waals surface area contributed by atoms with Gasteiger partial charge >= 0.3 is 5.97 Å². The molecule has 168 valence electrons. The van der Waals surface area contributed by atoms with Crippen molar-refractivity contribution < 1.29 is 27.5 Å². The fraction of sp³-hybridized carbons (Fsp3) is 0.429. The first kappa shape index (κ1) is 23.1. The second-order valence-electron chi connectivity index (χ2n) is 7.13. The summed E-state index contributed by atoms with van der Waals surface area (Å²) >= 11 is 1.35. The van der Waals surface area contributed by atoms with Gasteiger partial charge in [-0.3, -0.25) is 9.10 Å². The van der Waals surface area contributed by atoms with E-state index in [0.29, 0.717) is 22.9 Å². The average Bonchev–Trinajstić information content (AvgIpc) is 3.09. The maximum atomic E-state index is 12.9. The van der Waals surface area contributed by atoms with E-state index in [1.165, 1.54) is 18.4 Å². The van der Waals surface area contributed by atoms with Gasteiger partial charge in [0.15, 0.2) is 0 Å². The van der Waals surface area contributed by atoms with Crippen LogP contribution in [0.2, 0.25) is 0 Å². The minimum absolute atomic E-state index is 0.278. The molecule has 0 aliphatic heterocycles. The molecule has 31 heavy (non-hydrogen) atoms. The van der Waals surface area contributed by atoms with E-state index in [0.717, 1.165) is 46.7 Å². The topological polar surface area (TPSA) is 102 Å². The van der Waals surface area contributed by atoms with Crippen molar-refractivity contribution in [1.82, 2.24) is 0 Å². The summed E-state index contributed by atoms with van der Waals surface area (Å²) in [6.07, 6.45) is 4.63. The lowest BCUT2D eigenvalue weighted by Gasteiger charge is -2.24. The molecule has 0 saturated carbocycles. The van der Waals surface area contributed by atoms with Gasteiger partial charge in [0, 0.05) is 4.88 Å². The Morgan fingerprint density at radius 1 is 1.19 bits per heavy atom. The Hall–Kier alpha value is -2.59. The highest BCUT2D eigenvalue weighted by Crippen LogP contribution is 2.38. The Kier molecular flexibility index (Phi) is 7.22. The maximum Gasteiger partial charge on any atom is 0.341 e. The van der Waals surface area contributed by atoms with Gasteiger partial charge < -0.3 is 14.8 Å². The van der Waals surface area contributed by atoms with E-state index in [9.17, 15) is 18.0 Å². The second-order valence-corrected chi connectivity index (χ2v) is 10.1. The molecule has 10 heteroatoms. The average molecular weight is 467 g/mol. The van der Waals surface area contributed by atoms with Crippen LogP contribution in [0, 0.1) is 0 Å². The molecule has 2 aromatic rings. The van der Waals surface area contributed by atoms with Crippen molar-refractivity contribution in [3.05, 3.63) is 40.3 Å². The summed E-state index contributed by atoms with van der Waals surface area (Å²) in [4.78, 5) is 26.3. The van der Waals surface area contributed by atoms with Crippen molar-refractivity contribution in [3.63, 3.8) is 0 Å². The lowest BCUT2D eigenvalue weighted by atomic mass is 9.95. The van der Waals surface area contributed by atoms with E-state index in [-0.39, 0.29) is 5.69 Å². The molecule has 0 unspecified atom stereocenters. The standard InChI is InChI=1S/C21H26N2O6S2/c1-4-29-16-11-7-6-10-15(16)23(31(3,26)27)13-18(24)22-20-19(21(25)28-2)14-9-5-8-12-17(14)30-20/h6-7,10-11H,4-5,8-9,12-13H2,1-3H3,(H,22,24). The van der Waals surface area contributed by atoms with E-state index >= 15 is 0 Å². The number of hydrogen-bond donors (Lipinski definition) is 1. The molecule has 0 saturated heterocycles. The van der Waals surface area contributed by atoms with Crippen LogP contribution in [0.15, 0.2) is 24.3 Å². The second kappa shape index (κ2) is 9.69. The van der Waals surface area contributed by atoms with Crippen molar-refractivity contribution in [2.45, 2.75) is 32.6 Å². The number of esters is 1. The predicted molar refractivity (Wildman–Crippen MR) is 121 cm³/mol. The molecular formula is C21H26N2O6S2.